The zero-order valence-electron chi connectivity index (χ0n) is 18.0. The molecule has 0 fully saturated rings. The van der Waals surface area contributed by atoms with Crippen LogP contribution in [0.1, 0.15) is 83.6 Å². The van der Waals surface area contributed by atoms with E-state index in [-0.39, 0.29) is 16.9 Å². The van der Waals surface area contributed by atoms with E-state index in [1.54, 1.807) is 0 Å². The van der Waals surface area contributed by atoms with E-state index in [2.05, 4.69) is 97.0 Å². The van der Waals surface area contributed by atoms with Crippen LogP contribution in [0.15, 0.2) is 42.5 Å². The van der Waals surface area contributed by atoms with E-state index in [1.807, 2.05) is 0 Å². The van der Waals surface area contributed by atoms with Crippen molar-refractivity contribution in [1.82, 2.24) is 0 Å². The molecule has 3 rings (SSSR count). The first-order valence-corrected chi connectivity index (χ1v) is 10.2. The molecule has 0 spiro atoms. The van der Waals surface area contributed by atoms with Crippen molar-refractivity contribution in [2.45, 2.75) is 78.2 Å². The Hall–Kier alpha value is -2.02. The first kappa shape index (κ1) is 19.7. The first-order valence-electron chi connectivity index (χ1n) is 10.2. The van der Waals surface area contributed by atoms with Gasteiger partial charge in [-0.05, 0) is 84.4 Å². The summed E-state index contributed by atoms with van der Waals surface area (Å²) in [6.45, 7) is 15.8. The predicted octanol–water partition coefficient (Wildman–Crippen LogP) is 7.38. The molecule has 0 radical (unpaired) electrons. The molecule has 0 saturated carbocycles. The fraction of sp³-hybridized carbons (Fsp3) is 0.462. The highest BCUT2D eigenvalue weighted by Gasteiger charge is 2.36. The number of rotatable bonds is 4. The van der Waals surface area contributed by atoms with Crippen LogP contribution in [0.4, 0.5) is 0 Å². The van der Waals surface area contributed by atoms with Gasteiger partial charge in [-0.1, -0.05) is 64.1 Å². The van der Waals surface area contributed by atoms with Crippen LogP contribution in [0, 0.1) is 0 Å². The number of hydrogen-bond donors (Lipinski definition) is 0. The minimum Gasteiger partial charge on any atom is -0.491 e. The van der Waals surface area contributed by atoms with Crippen molar-refractivity contribution in [3.8, 4) is 5.75 Å². The van der Waals surface area contributed by atoms with Gasteiger partial charge in [0.25, 0.3) is 0 Å². The van der Waals surface area contributed by atoms with E-state index in [0.29, 0.717) is 0 Å². The molecule has 0 bridgehead atoms. The summed E-state index contributed by atoms with van der Waals surface area (Å²) in [6, 6.07) is 15.5. The lowest BCUT2D eigenvalue weighted by atomic mass is 9.63. The van der Waals surface area contributed by atoms with Crippen LogP contribution in [-0.4, -0.2) is 6.10 Å². The zero-order valence-corrected chi connectivity index (χ0v) is 18.0. The topological polar surface area (TPSA) is 9.23 Å². The molecule has 1 heteroatoms. The van der Waals surface area contributed by atoms with Gasteiger partial charge >= 0.3 is 0 Å². The molecule has 0 aliphatic heterocycles. The molecule has 2 aromatic carbocycles. The van der Waals surface area contributed by atoms with Crippen molar-refractivity contribution >= 4 is 11.6 Å². The second kappa shape index (κ2) is 7.19. The zero-order chi connectivity index (χ0) is 19.8. The fourth-order valence-electron chi connectivity index (χ4n) is 4.08. The second-order valence-corrected chi connectivity index (χ2v) is 9.59. The lowest BCUT2D eigenvalue weighted by Gasteiger charge is -2.42. The molecule has 0 N–H and O–H groups in total. The molecule has 27 heavy (non-hydrogen) atoms. The monoisotopic (exact) mass is 362 g/mol. The standard InChI is InChI=1S/C26H34O/c1-18(2)27-22-11-8-20(9-12-22)16-19(3)21-10-13-23-24(17-21)26(6,7)15-14-25(23,4)5/h8-13,16-18H,14-15H2,1-7H3. The number of fused-ring (bicyclic) bond motifs is 1. The SMILES string of the molecule is CC(=Cc1ccc(OC(C)C)cc1)c1ccc2c(c1)C(C)(C)CCC2(C)C. The summed E-state index contributed by atoms with van der Waals surface area (Å²) in [5.41, 5.74) is 7.39. The average molecular weight is 363 g/mol. The summed E-state index contributed by atoms with van der Waals surface area (Å²) in [5.74, 6) is 0.928. The van der Waals surface area contributed by atoms with E-state index >= 15 is 0 Å². The maximum Gasteiger partial charge on any atom is 0.119 e. The average Bonchev–Trinajstić information content (AvgIpc) is 2.60. The first-order chi connectivity index (χ1) is 12.6. The minimum atomic E-state index is 0.205. The smallest absolute Gasteiger partial charge is 0.119 e. The van der Waals surface area contributed by atoms with E-state index in [1.165, 1.54) is 40.7 Å². The Morgan fingerprint density at radius 3 is 2.07 bits per heavy atom. The Bertz CT molecular complexity index is 835. The highest BCUT2D eigenvalue weighted by Crippen LogP contribution is 2.46. The van der Waals surface area contributed by atoms with Crippen LogP contribution in [0.3, 0.4) is 0 Å². The van der Waals surface area contributed by atoms with Gasteiger partial charge in [-0.25, -0.2) is 0 Å². The fourth-order valence-corrected chi connectivity index (χ4v) is 4.08. The highest BCUT2D eigenvalue weighted by molar-refractivity contribution is 5.80. The molecule has 1 aliphatic carbocycles. The van der Waals surface area contributed by atoms with E-state index in [9.17, 15) is 0 Å². The largest absolute Gasteiger partial charge is 0.491 e. The van der Waals surface area contributed by atoms with Crippen LogP contribution in [0.5, 0.6) is 5.75 Å². The second-order valence-electron chi connectivity index (χ2n) is 9.59. The Morgan fingerprint density at radius 2 is 1.48 bits per heavy atom. The van der Waals surface area contributed by atoms with Gasteiger partial charge < -0.3 is 4.74 Å². The third-order valence-corrected chi connectivity index (χ3v) is 5.94. The van der Waals surface area contributed by atoms with E-state index in [4.69, 9.17) is 4.74 Å². The molecule has 2 aromatic rings. The van der Waals surface area contributed by atoms with Crippen molar-refractivity contribution in [3.05, 3.63) is 64.7 Å². The maximum atomic E-state index is 5.74. The summed E-state index contributed by atoms with van der Waals surface area (Å²) in [4.78, 5) is 0. The van der Waals surface area contributed by atoms with E-state index < -0.39 is 0 Å². The third kappa shape index (κ3) is 4.29. The minimum absolute atomic E-state index is 0.205. The van der Waals surface area contributed by atoms with Crippen LogP contribution < -0.4 is 4.74 Å². The summed E-state index contributed by atoms with van der Waals surface area (Å²) in [7, 11) is 0. The van der Waals surface area contributed by atoms with Crippen molar-refractivity contribution in [2.24, 2.45) is 0 Å². The molecule has 144 valence electrons. The van der Waals surface area contributed by atoms with Gasteiger partial charge in [-0.2, -0.15) is 0 Å². The molecule has 0 heterocycles. The number of ether oxygens (including phenoxy) is 1. The Labute approximate surface area is 165 Å². The van der Waals surface area contributed by atoms with Crippen LogP contribution in [-0.2, 0) is 10.8 Å². The highest BCUT2D eigenvalue weighted by atomic mass is 16.5. The Morgan fingerprint density at radius 1 is 0.889 bits per heavy atom. The molecular weight excluding hydrogens is 328 g/mol. The summed E-state index contributed by atoms with van der Waals surface area (Å²) in [5, 5.41) is 0. The molecular formula is C26H34O. The molecule has 0 unspecified atom stereocenters. The quantitative estimate of drug-likeness (QED) is 0.515. The third-order valence-electron chi connectivity index (χ3n) is 5.94. The number of allylic oxidation sites excluding steroid dienone is 1. The lowest BCUT2D eigenvalue weighted by Crippen LogP contribution is -2.33. The van der Waals surface area contributed by atoms with Gasteiger partial charge in [0, 0.05) is 0 Å². The maximum absolute atomic E-state index is 5.74. The van der Waals surface area contributed by atoms with Gasteiger partial charge in [0.1, 0.15) is 5.75 Å². The van der Waals surface area contributed by atoms with Crippen molar-refractivity contribution < 1.29 is 4.74 Å². The van der Waals surface area contributed by atoms with Gasteiger partial charge in [-0.15, -0.1) is 0 Å². The van der Waals surface area contributed by atoms with Crippen molar-refractivity contribution in [1.29, 1.82) is 0 Å². The Balaban J connectivity index is 1.91. The molecule has 0 atom stereocenters. The number of benzene rings is 2. The molecule has 0 aromatic heterocycles. The van der Waals surface area contributed by atoms with Gasteiger partial charge in [0.2, 0.25) is 0 Å². The van der Waals surface area contributed by atoms with Crippen molar-refractivity contribution in [3.63, 3.8) is 0 Å². The Kier molecular flexibility index (Phi) is 5.25. The summed E-state index contributed by atoms with van der Waals surface area (Å²) >= 11 is 0. The summed E-state index contributed by atoms with van der Waals surface area (Å²) < 4.78 is 5.74. The van der Waals surface area contributed by atoms with Gasteiger partial charge in [-0.3, -0.25) is 0 Å². The normalized spacial score (nSPS) is 18.3. The van der Waals surface area contributed by atoms with Crippen LogP contribution in [0.2, 0.25) is 0 Å². The number of hydrogen-bond acceptors (Lipinski definition) is 1. The molecule has 0 amide bonds. The van der Waals surface area contributed by atoms with Gasteiger partial charge in [0.15, 0.2) is 0 Å². The van der Waals surface area contributed by atoms with Gasteiger partial charge in [0.05, 0.1) is 6.10 Å². The van der Waals surface area contributed by atoms with Crippen LogP contribution >= 0.6 is 0 Å². The molecule has 1 aliphatic rings. The van der Waals surface area contributed by atoms with Crippen molar-refractivity contribution in [2.75, 3.05) is 0 Å². The van der Waals surface area contributed by atoms with E-state index in [0.717, 1.165) is 5.75 Å². The predicted molar refractivity (Wildman–Crippen MR) is 117 cm³/mol. The molecule has 1 nitrogen and oxygen atoms in total. The lowest BCUT2D eigenvalue weighted by molar-refractivity contribution is 0.242. The summed E-state index contributed by atoms with van der Waals surface area (Å²) in [6.07, 6.45) is 4.97. The van der Waals surface area contributed by atoms with Crippen LogP contribution in [0.25, 0.3) is 11.6 Å². The molecule has 0 saturated heterocycles.